The average molecular weight is 290 g/mol. The maximum Gasteiger partial charge on any atom is 0.424 e. The van der Waals surface area contributed by atoms with E-state index in [2.05, 4.69) is 0 Å². The summed E-state index contributed by atoms with van der Waals surface area (Å²) >= 11 is 0. The summed E-state index contributed by atoms with van der Waals surface area (Å²) in [6, 6.07) is 6.52. The van der Waals surface area contributed by atoms with Crippen LogP contribution in [0.25, 0.3) is 0 Å². The average Bonchev–Trinajstić information content (AvgIpc) is 2.37. The van der Waals surface area contributed by atoms with E-state index in [4.69, 9.17) is 4.74 Å². The number of aldehydes is 1. The van der Waals surface area contributed by atoms with Crippen molar-refractivity contribution in [2.45, 2.75) is 37.5 Å². The molecule has 1 atom stereocenters. The SMILES string of the molecule is COc1cccc(C(C)(C)CC(O)(C=O)C(F)(F)F)c1. The molecule has 0 aliphatic rings. The van der Waals surface area contributed by atoms with Crippen molar-refractivity contribution in [1.29, 1.82) is 0 Å². The third-order valence-corrected chi connectivity index (χ3v) is 3.25. The van der Waals surface area contributed by atoms with Crippen molar-refractivity contribution in [1.82, 2.24) is 0 Å². The van der Waals surface area contributed by atoms with Crippen molar-refractivity contribution in [2.24, 2.45) is 0 Å². The van der Waals surface area contributed by atoms with Crippen molar-refractivity contribution >= 4 is 6.29 Å². The topological polar surface area (TPSA) is 46.5 Å². The van der Waals surface area contributed by atoms with Crippen LogP contribution in [0.3, 0.4) is 0 Å². The first-order valence-electron chi connectivity index (χ1n) is 5.96. The van der Waals surface area contributed by atoms with Gasteiger partial charge in [-0.05, 0) is 23.1 Å². The molecule has 0 heterocycles. The number of rotatable bonds is 5. The highest BCUT2D eigenvalue weighted by atomic mass is 19.4. The second-order valence-electron chi connectivity index (χ2n) is 5.33. The molecule has 20 heavy (non-hydrogen) atoms. The molecule has 0 aliphatic heterocycles. The molecule has 0 fully saturated rings. The highest BCUT2D eigenvalue weighted by Gasteiger charge is 2.56. The third kappa shape index (κ3) is 3.30. The second-order valence-corrected chi connectivity index (χ2v) is 5.33. The third-order valence-electron chi connectivity index (χ3n) is 3.25. The smallest absolute Gasteiger partial charge is 0.424 e. The van der Waals surface area contributed by atoms with E-state index < -0.39 is 29.9 Å². The van der Waals surface area contributed by atoms with E-state index in [-0.39, 0.29) is 0 Å². The monoisotopic (exact) mass is 290 g/mol. The molecule has 0 saturated carbocycles. The van der Waals surface area contributed by atoms with Gasteiger partial charge in [0.25, 0.3) is 0 Å². The quantitative estimate of drug-likeness (QED) is 0.848. The number of ether oxygens (including phenoxy) is 1. The van der Waals surface area contributed by atoms with Gasteiger partial charge < -0.3 is 9.84 Å². The van der Waals surface area contributed by atoms with Crippen molar-refractivity contribution in [3.8, 4) is 5.75 Å². The van der Waals surface area contributed by atoms with Crippen LogP contribution in [0.5, 0.6) is 5.75 Å². The van der Waals surface area contributed by atoms with Gasteiger partial charge in [-0.1, -0.05) is 26.0 Å². The predicted molar refractivity (Wildman–Crippen MR) is 67.7 cm³/mol. The van der Waals surface area contributed by atoms with E-state index in [0.717, 1.165) is 0 Å². The highest BCUT2D eigenvalue weighted by molar-refractivity contribution is 5.64. The van der Waals surface area contributed by atoms with Crippen LogP contribution >= 0.6 is 0 Å². The van der Waals surface area contributed by atoms with Gasteiger partial charge >= 0.3 is 6.18 Å². The molecule has 1 aromatic carbocycles. The number of hydrogen-bond acceptors (Lipinski definition) is 3. The minimum Gasteiger partial charge on any atom is -0.497 e. The fraction of sp³-hybridized carbons (Fsp3) is 0.500. The largest absolute Gasteiger partial charge is 0.497 e. The summed E-state index contributed by atoms with van der Waals surface area (Å²) < 4.78 is 43.4. The summed E-state index contributed by atoms with van der Waals surface area (Å²) in [5.74, 6) is 0.497. The Morgan fingerprint density at radius 3 is 2.35 bits per heavy atom. The summed E-state index contributed by atoms with van der Waals surface area (Å²) in [6.45, 7) is 3.06. The Morgan fingerprint density at radius 2 is 1.90 bits per heavy atom. The first-order valence-corrected chi connectivity index (χ1v) is 5.96. The van der Waals surface area contributed by atoms with Crippen LogP contribution in [0.15, 0.2) is 24.3 Å². The van der Waals surface area contributed by atoms with Crippen molar-refractivity contribution in [3.05, 3.63) is 29.8 Å². The molecule has 1 rings (SSSR count). The molecule has 1 aromatic rings. The fourth-order valence-corrected chi connectivity index (χ4v) is 2.03. The fourth-order valence-electron chi connectivity index (χ4n) is 2.03. The number of carbonyl (C=O) groups excluding carboxylic acids is 1. The van der Waals surface area contributed by atoms with E-state index in [9.17, 15) is 23.1 Å². The Hall–Kier alpha value is -1.56. The molecule has 0 bridgehead atoms. The first kappa shape index (κ1) is 16.5. The lowest BCUT2D eigenvalue weighted by molar-refractivity contribution is -0.250. The molecule has 0 radical (unpaired) electrons. The number of benzene rings is 1. The Balaban J connectivity index is 3.13. The van der Waals surface area contributed by atoms with Crippen LogP contribution in [0.4, 0.5) is 13.2 Å². The second kappa shape index (κ2) is 5.44. The number of aliphatic hydroxyl groups is 1. The van der Waals surface area contributed by atoms with Gasteiger partial charge in [0, 0.05) is 6.42 Å². The van der Waals surface area contributed by atoms with Gasteiger partial charge in [-0.3, -0.25) is 4.79 Å². The van der Waals surface area contributed by atoms with Crippen molar-refractivity contribution in [3.63, 3.8) is 0 Å². The molecule has 1 unspecified atom stereocenters. The lowest BCUT2D eigenvalue weighted by Gasteiger charge is -2.34. The molecule has 0 aromatic heterocycles. The molecule has 112 valence electrons. The van der Waals surface area contributed by atoms with Gasteiger partial charge in [-0.25, -0.2) is 0 Å². The van der Waals surface area contributed by atoms with Crippen LogP contribution in [0.1, 0.15) is 25.8 Å². The van der Waals surface area contributed by atoms with Gasteiger partial charge in [0.05, 0.1) is 7.11 Å². The lowest BCUT2D eigenvalue weighted by Crippen LogP contribution is -2.50. The van der Waals surface area contributed by atoms with E-state index in [1.54, 1.807) is 24.3 Å². The van der Waals surface area contributed by atoms with Crippen molar-refractivity contribution in [2.75, 3.05) is 7.11 Å². The van der Waals surface area contributed by atoms with Gasteiger partial charge in [-0.15, -0.1) is 0 Å². The standard InChI is InChI=1S/C14H17F3O3/c1-12(2,8-13(19,9-18)14(15,16)17)10-5-4-6-11(7-10)20-3/h4-7,9,19H,8H2,1-3H3. The Bertz CT molecular complexity index is 483. The minimum absolute atomic E-state index is 0.449. The van der Waals surface area contributed by atoms with Crippen LogP contribution in [-0.4, -0.2) is 30.3 Å². The van der Waals surface area contributed by atoms with Crippen molar-refractivity contribution < 1.29 is 27.8 Å². The minimum atomic E-state index is -5.01. The zero-order valence-corrected chi connectivity index (χ0v) is 11.5. The lowest BCUT2D eigenvalue weighted by atomic mass is 9.75. The van der Waals surface area contributed by atoms with E-state index in [1.165, 1.54) is 21.0 Å². The van der Waals surface area contributed by atoms with Crippen LogP contribution in [0, 0.1) is 0 Å². The number of hydrogen-bond donors (Lipinski definition) is 1. The predicted octanol–water partition coefficient (Wildman–Crippen LogP) is 2.86. The molecule has 1 N–H and O–H groups in total. The number of methoxy groups -OCH3 is 1. The summed E-state index contributed by atoms with van der Waals surface area (Å²) in [6.07, 6.45) is -6.22. The zero-order valence-electron chi connectivity index (χ0n) is 11.5. The molecule has 6 heteroatoms. The van der Waals surface area contributed by atoms with Gasteiger partial charge in [0.2, 0.25) is 5.60 Å². The first-order chi connectivity index (χ1) is 9.05. The molecular formula is C14H17F3O3. The van der Waals surface area contributed by atoms with E-state index >= 15 is 0 Å². The summed E-state index contributed by atoms with van der Waals surface area (Å²) in [4.78, 5) is 10.7. The maximum absolute atomic E-state index is 12.8. The summed E-state index contributed by atoms with van der Waals surface area (Å²) in [5, 5.41) is 9.56. The molecule has 0 amide bonds. The molecule has 0 spiro atoms. The van der Waals surface area contributed by atoms with Crippen LogP contribution < -0.4 is 4.74 Å². The van der Waals surface area contributed by atoms with Gasteiger partial charge in [0.1, 0.15) is 5.75 Å². The molecule has 0 saturated heterocycles. The molecular weight excluding hydrogens is 273 g/mol. The Labute approximate surface area is 115 Å². The molecule has 3 nitrogen and oxygen atoms in total. The van der Waals surface area contributed by atoms with Crippen LogP contribution in [-0.2, 0) is 10.2 Å². The van der Waals surface area contributed by atoms with E-state index in [0.29, 0.717) is 11.3 Å². The summed E-state index contributed by atoms with van der Waals surface area (Å²) in [7, 11) is 1.45. The van der Waals surface area contributed by atoms with Crippen LogP contribution in [0.2, 0.25) is 0 Å². The zero-order chi connectivity index (χ0) is 15.6. The molecule has 0 aliphatic carbocycles. The number of halogens is 3. The summed E-state index contributed by atoms with van der Waals surface area (Å²) in [5.41, 5.74) is -3.87. The Morgan fingerprint density at radius 1 is 1.30 bits per heavy atom. The normalized spacial score (nSPS) is 15.6. The highest BCUT2D eigenvalue weighted by Crippen LogP contribution is 2.40. The Kier molecular flexibility index (Phi) is 4.49. The van der Waals surface area contributed by atoms with Gasteiger partial charge in [-0.2, -0.15) is 13.2 Å². The van der Waals surface area contributed by atoms with Gasteiger partial charge in [0.15, 0.2) is 6.29 Å². The van der Waals surface area contributed by atoms with E-state index in [1.807, 2.05) is 0 Å². The number of carbonyl (C=O) groups is 1. The maximum atomic E-state index is 12.8. The number of alkyl halides is 3.